The van der Waals surface area contributed by atoms with Crippen molar-refractivity contribution in [3.63, 3.8) is 0 Å². The first-order valence-corrected chi connectivity index (χ1v) is 6.27. The zero-order valence-electron chi connectivity index (χ0n) is 10.5. The van der Waals surface area contributed by atoms with E-state index in [0.29, 0.717) is 37.9 Å². The van der Waals surface area contributed by atoms with Crippen LogP contribution in [0.5, 0.6) is 0 Å². The van der Waals surface area contributed by atoms with E-state index in [1.54, 1.807) is 12.3 Å². The first-order chi connectivity index (χ1) is 9.36. The molecule has 0 spiro atoms. The largest absolute Gasteiger partial charge is 0.455 e. The van der Waals surface area contributed by atoms with Gasteiger partial charge >= 0.3 is 0 Å². The predicted molar refractivity (Wildman–Crippen MR) is 66.4 cm³/mol. The van der Waals surface area contributed by atoms with Crippen LogP contribution in [-0.4, -0.2) is 40.6 Å². The Morgan fingerprint density at radius 2 is 2.32 bits per heavy atom. The van der Waals surface area contributed by atoms with Crippen LogP contribution in [0.3, 0.4) is 0 Å². The maximum atomic E-state index is 9.02. The number of rotatable bonds is 4. The molecule has 2 aromatic rings. The van der Waals surface area contributed by atoms with Crippen LogP contribution < -0.4 is 0 Å². The number of nitrogens with zero attached hydrogens (tertiary/aromatic N) is 2. The molecule has 0 amide bonds. The molecule has 1 N–H and O–H groups in total. The fraction of sp³-hybridized carbons (Fsp3) is 0.462. The summed E-state index contributed by atoms with van der Waals surface area (Å²) in [5, 5.41) is 9.02. The minimum atomic E-state index is -0.111. The Morgan fingerprint density at radius 1 is 1.37 bits per heavy atom. The SMILES string of the molecule is OCc1ccc(-c2nccn2CC2COCCO2)o1. The second-order valence-electron chi connectivity index (χ2n) is 4.39. The molecule has 0 bridgehead atoms. The summed E-state index contributed by atoms with van der Waals surface area (Å²) in [6, 6.07) is 3.55. The molecular weight excluding hydrogens is 248 g/mol. The van der Waals surface area contributed by atoms with Gasteiger partial charge < -0.3 is 23.6 Å². The molecule has 1 unspecified atom stereocenters. The summed E-state index contributed by atoms with van der Waals surface area (Å²) in [4.78, 5) is 4.29. The average Bonchev–Trinajstić information content (AvgIpc) is 3.08. The van der Waals surface area contributed by atoms with Crippen LogP contribution in [0.1, 0.15) is 5.76 Å². The van der Waals surface area contributed by atoms with Gasteiger partial charge in [0.2, 0.25) is 0 Å². The summed E-state index contributed by atoms with van der Waals surface area (Å²) in [5.41, 5.74) is 0. The second-order valence-corrected chi connectivity index (χ2v) is 4.39. The summed E-state index contributed by atoms with van der Waals surface area (Å²) in [6.45, 7) is 2.44. The molecule has 19 heavy (non-hydrogen) atoms. The number of aromatic nitrogens is 2. The molecule has 0 radical (unpaired) electrons. The van der Waals surface area contributed by atoms with Gasteiger partial charge in [-0.3, -0.25) is 0 Å². The number of hydrogen-bond donors (Lipinski definition) is 1. The van der Waals surface area contributed by atoms with Crippen molar-refractivity contribution >= 4 is 0 Å². The van der Waals surface area contributed by atoms with Crippen LogP contribution in [0.15, 0.2) is 28.9 Å². The molecule has 1 aliphatic rings. The minimum absolute atomic E-state index is 0.0361. The predicted octanol–water partition coefficient (Wildman–Crippen LogP) is 1.05. The summed E-state index contributed by atoms with van der Waals surface area (Å²) < 4.78 is 18.5. The van der Waals surface area contributed by atoms with Gasteiger partial charge in [0.15, 0.2) is 11.6 Å². The highest BCUT2D eigenvalue weighted by Gasteiger charge is 2.18. The number of furan rings is 1. The van der Waals surface area contributed by atoms with Crippen LogP contribution in [-0.2, 0) is 22.6 Å². The van der Waals surface area contributed by atoms with Crippen molar-refractivity contribution in [2.24, 2.45) is 0 Å². The van der Waals surface area contributed by atoms with Gasteiger partial charge in [-0.25, -0.2) is 4.98 Å². The summed E-state index contributed by atoms with van der Waals surface area (Å²) >= 11 is 0. The van der Waals surface area contributed by atoms with Crippen molar-refractivity contribution in [1.29, 1.82) is 0 Å². The topological polar surface area (TPSA) is 69.7 Å². The number of hydrogen-bond acceptors (Lipinski definition) is 5. The quantitative estimate of drug-likeness (QED) is 0.894. The van der Waals surface area contributed by atoms with Crippen molar-refractivity contribution in [2.45, 2.75) is 19.3 Å². The Kier molecular flexibility index (Phi) is 3.63. The van der Waals surface area contributed by atoms with Crippen LogP contribution in [0, 0.1) is 0 Å². The molecule has 1 atom stereocenters. The molecule has 1 fully saturated rings. The van der Waals surface area contributed by atoms with Crippen molar-refractivity contribution in [2.75, 3.05) is 19.8 Å². The molecule has 0 aromatic carbocycles. The van der Waals surface area contributed by atoms with Gasteiger partial charge in [0, 0.05) is 12.4 Å². The number of imidazole rings is 1. The van der Waals surface area contributed by atoms with Gasteiger partial charge in [-0.2, -0.15) is 0 Å². The van der Waals surface area contributed by atoms with E-state index in [-0.39, 0.29) is 12.7 Å². The minimum Gasteiger partial charge on any atom is -0.455 e. The van der Waals surface area contributed by atoms with Crippen LogP contribution in [0.2, 0.25) is 0 Å². The number of aliphatic hydroxyl groups excluding tert-OH is 1. The molecular formula is C13H16N2O4. The number of ether oxygens (including phenoxy) is 2. The van der Waals surface area contributed by atoms with Gasteiger partial charge in [0.25, 0.3) is 0 Å². The monoisotopic (exact) mass is 264 g/mol. The first-order valence-electron chi connectivity index (χ1n) is 6.27. The van der Waals surface area contributed by atoms with E-state index in [2.05, 4.69) is 4.98 Å². The molecule has 6 heteroatoms. The lowest BCUT2D eigenvalue weighted by atomic mass is 10.3. The molecule has 3 heterocycles. The highest BCUT2D eigenvalue weighted by atomic mass is 16.6. The average molecular weight is 264 g/mol. The summed E-state index contributed by atoms with van der Waals surface area (Å²) in [7, 11) is 0. The Labute approximate surface area is 110 Å². The van der Waals surface area contributed by atoms with Crippen molar-refractivity contribution in [3.8, 4) is 11.6 Å². The van der Waals surface area contributed by atoms with Crippen LogP contribution in [0.25, 0.3) is 11.6 Å². The zero-order chi connectivity index (χ0) is 13.1. The Bertz CT molecular complexity index is 528. The molecule has 1 aliphatic heterocycles. The fourth-order valence-corrected chi connectivity index (χ4v) is 2.13. The smallest absolute Gasteiger partial charge is 0.176 e. The van der Waals surface area contributed by atoms with E-state index >= 15 is 0 Å². The summed E-state index contributed by atoms with van der Waals surface area (Å²) in [5.74, 6) is 1.90. The molecule has 102 valence electrons. The lowest BCUT2D eigenvalue weighted by molar-refractivity contribution is -0.0934. The van der Waals surface area contributed by atoms with E-state index < -0.39 is 0 Å². The van der Waals surface area contributed by atoms with Crippen molar-refractivity contribution < 1.29 is 19.0 Å². The van der Waals surface area contributed by atoms with E-state index in [1.165, 1.54) is 0 Å². The van der Waals surface area contributed by atoms with Gasteiger partial charge in [-0.15, -0.1) is 0 Å². The third-order valence-electron chi connectivity index (χ3n) is 3.04. The Morgan fingerprint density at radius 3 is 3.05 bits per heavy atom. The summed E-state index contributed by atoms with van der Waals surface area (Å²) in [6.07, 6.45) is 3.64. The standard InChI is InChI=1S/C13H16N2O4/c16-8-10-1-2-12(19-10)13-14-3-4-15(13)7-11-9-17-5-6-18-11/h1-4,11,16H,5-9H2. The normalized spacial score (nSPS) is 19.7. The highest BCUT2D eigenvalue weighted by molar-refractivity contribution is 5.47. The maximum Gasteiger partial charge on any atom is 0.176 e. The van der Waals surface area contributed by atoms with Crippen LogP contribution >= 0.6 is 0 Å². The van der Waals surface area contributed by atoms with Gasteiger partial charge in [-0.05, 0) is 12.1 Å². The van der Waals surface area contributed by atoms with Gasteiger partial charge in [-0.1, -0.05) is 0 Å². The fourth-order valence-electron chi connectivity index (χ4n) is 2.13. The lowest BCUT2D eigenvalue weighted by Crippen LogP contribution is -2.32. The van der Waals surface area contributed by atoms with E-state index in [1.807, 2.05) is 16.8 Å². The lowest BCUT2D eigenvalue weighted by Gasteiger charge is -2.23. The molecule has 0 saturated carbocycles. The zero-order valence-corrected chi connectivity index (χ0v) is 10.5. The van der Waals surface area contributed by atoms with E-state index in [4.69, 9.17) is 19.0 Å². The van der Waals surface area contributed by atoms with Crippen molar-refractivity contribution in [1.82, 2.24) is 9.55 Å². The third-order valence-corrected chi connectivity index (χ3v) is 3.04. The second kappa shape index (κ2) is 5.56. The first kappa shape index (κ1) is 12.4. The molecule has 3 rings (SSSR count). The molecule has 6 nitrogen and oxygen atoms in total. The number of aliphatic hydroxyl groups is 1. The van der Waals surface area contributed by atoms with E-state index in [0.717, 1.165) is 5.82 Å². The third kappa shape index (κ3) is 2.70. The highest BCUT2D eigenvalue weighted by Crippen LogP contribution is 2.21. The van der Waals surface area contributed by atoms with Crippen molar-refractivity contribution in [3.05, 3.63) is 30.3 Å². The van der Waals surface area contributed by atoms with E-state index in [9.17, 15) is 0 Å². The van der Waals surface area contributed by atoms with Gasteiger partial charge in [0.05, 0.1) is 32.5 Å². The maximum absolute atomic E-state index is 9.02. The molecule has 1 saturated heterocycles. The Hall–Kier alpha value is -1.63. The molecule has 2 aromatic heterocycles. The van der Waals surface area contributed by atoms with Gasteiger partial charge in [0.1, 0.15) is 12.4 Å². The molecule has 0 aliphatic carbocycles. The Balaban J connectivity index is 1.77. The van der Waals surface area contributed by atoms with Crippen LogP contribution in [0.4, 0.5) is 0 Å².